The largest absolute Gasteiger partial charge is 0.373 e. The summed E-state index contributed by atoms with van der Waals surface area (Å²) >= 11 is 12.8. The van der Waals surface area contributed by atoms with Gasteiger partial charge in [-0.05, 0) is 50.7 Å². The number of piperidine rings is 1. The number of rotatable bonds is 5. The van der Waals surface area contributed by atoms with Crippen molar-refractivity contribution in [3.8, 4) is 11.3 Å². The Kier molecular flexibility index (Phi) is 4.48. The number of aromatic nitrogens is 1. The molecule has 1 aromatic carbocycles. The van der Waals surface area contributed by atoms with Crippen LogP contribution in [0.1, 0.15) is 55.8 Å². The Balaban J connectivity index is 1.42. The Labute approximate surface area is 163 Å². The van der Waals surface area contributed by atoms with Gasteiger partial charge in [-0.1, -0.05) is 34.4 Å². The van der Waals surface area contributed by atoms with Crippen LogP contribution < -0.4 is 5.32 Å². The van der Waals surface area contributed by atoms with Crippen molar-refractivity contribution in [3.63, 3.8) is 0 Å². The summed E-state index contributed by atoms with van der Waals surface area (Å²) in [6.07, 6.45) is 7.30. The Morgan fingerprint density at radius 2 is 1.77 bits per heavy atom. The molecule has 1 N–H and O–H groups in total. The molecule has 138 valence electrons. The molecule has 2 saturated heterocycles. The summed E-state index contributed by atoms with van der Waals surface area (Å²) in [7, 11) is 0. The van der Waals surface area contributed by atoms with Gasteiger partial charge in [0.05, 0.1) is 22.8 Å². The highest BCUT2D eigenvalue weighted by Gasteiger charge is 2.36. The molecule has 2 bridgehead atoms. The molecular weight excluding hydrogens is 371 g/mol. The van der Waals surface area contributed by atoms with E-state index < -0.39 is 0 Å². The first-order valence-corrected chi connectivity index (χ1v) is 10.2. The normalized spacial score (nSPS) is 27.8. The van der Waals surface area contributed by atoms with Gasteiger partial charge in [-0.25, -0.2) is 0 Å². The van der Waals surface area contributed by atoms with Gasteiger partial charge in [-0.2, -0.15) is 0 Å². The van der Waals surface area contributed by atoms with Gasteiger partial charge in [0.1, 0.15) is 11.5 Å². The Morgan fingerprint density at radius 3 is 2.42 bits per heavy atom. The number of nitrogens with zero attached hydrogens (tertiary/aromatic N) is 1. The molecule has 3 fully saturated rings. The molecule has 1 aromatic heterocycles. The first-order valence-electron chi connectivity index (χ1n) is 9.49. The van der Waals surface area contributed by atoms with E-state index in [-0.39, 0.29) is 0 Å². The molecule has 0 spiro atoms. The van der Waals surface area contributed by atoms with E-state index in [0.717, 1.165) is 48.3 Å². The van der Waals surface area contributed by atoms with E-state index >= 15 is 0 Å². The van der Waals surface area contributed by atoms with Crippen molar-refractivity contribution in [1.29, 1.82) is 0 Å². The lowest BCUT2D eigenvalue weighted by atomic mass is 10.0. The summed E-state index contributed by atoms with van der Waals surface area (Å²) in [4.78, 5) is 0. The third-order valence-electron chi connectivity index (χ3n) is 5.86. The molecule has 3 atom stereocenters. The molecule has 3 aliphatic rings. The van der Waals surface area contributed by atoms with Gasteiger partial charge >= 0.3 is 0 Å². The molecular formula is C20H22Cl2N2O2. The molecule has 1 aliphatic carbocycles. The maximum absolute atomic E-state index is 6.42. The average molecular weight is 393 g/mol. The van der Waals surface area contributed by atoms with Crippen LogP contribution in [0.2, 0.25) is 10.0 Å². The van der Waals surface area contributed by atoms with Crippen LogP contribution in [0.5, 0.6) is 0 Å². The standard InChI is InChI=1S/C20H22Cl2N2O2/c21-16-2-1-3-17(22)18(16)19-15(20(26-24-19)11-4-5-11)10-25-14-8-12-6-7-13(9-14)23-12/h1-3,11-14,23H,4-10H2/t12-,13?,14?/m0/s1. The summed E-state index contributed by atoms with van der Waals surface area (Å²) in [6, 6.07) is 6.74. The molecule has 5 rings (SSSR count). The second-order valence-electron chi connectivity index (χ2n) is 7.79. The lowest BCUT2D eigenvalue weighted by Gasteiger charge is -2.29. The maximum atomic E-state index is 6.42. The van der Waals surface area contributed by atoms with Crippen LogP contribution in [0.3, 0.4) is 0 Å². The smallest absolute Gasteiger partial charge is 0.145 e. The third-order valence-corrected chi connectivity index (χ3v) is 6.49. The van der Waals surface area contributed by atoms with Crippen molar-refractivity contribution in [2.45, 2.75) is 69.2 Å². The van der Waals surface area contributed by atoms with Crippen LogP contribution in [0.15, 0.2) is 22.7 Å². The van der Waals surface area contributed by atoms with Gasteiger partial charge in [0, 0.05) is 29.1 Å². The number of halogens is 2. The SMILES string of the molecule is Clc1cccc(Cl)c1-c1noc(C2CC2)c1COC1CC2CC[C@@H](C1)N2. The number of hydrogen-bond acceptors (Lipinski definition) is 4. The quantitative estimate of drug-likeness (QED) is 0.746. The number of ether oxygens (including phenoxy) is 1. The highest BCUT2D eigenvalue weighted by Crippen LogP contribution is 2.46. The summed E-state index contributed by atoms with van der Waals surface area (Å²) < 4.78 is 12.1. The maximum Gasteiger partial charge on any atom is 0.145 e. The summed E-state index contributed by atoms with van der Waals surface area (Å²) in [5.41, 5.74) is 2.50. The number of benzene rings is 1. The molecule has 0 amide bonds. The van der Waals surface area contributed by atoms with Crippen LogP contribution in [0, 0.1) is 0 Å². The summed E-state index contributed by atoms with van der Waals surface area (Å²) in [5, 5.41) is 9.18. The van der Waals surface area contributed by atoms with Crippen LogP contribution >= 0.6 is 23.2 Å². The lowest BCUT2D eigenvalue weighted by Crippen LogP contribution is -2.41. The van der Waals surface area contributed by atoms with Crippen LogP contribution in [0.25, 0.3) is 11.3 Å². The monoisotopic (exact) mass is 392 g/mol. The average Bonchev–Trinajstić information content (AvgIpc) is 3.30. The van der Waals surface area contributed by atoms with Crippen molar-refractivity contribution in [2.24, 2.45) is 0 Å². The van der Waals surface area contributed by atoms with Crippen molar-refractivity contribution in [2.75, 3.05) is 0 Å². The fraction of sp³-hybridized carbons (Fsp3) is 0.550. The Hall–Kier alpha value is -1.07. The highest BCUT2D eigenvalue weighted by molar-refractivity contribution is 6.39. The predicted molar refractivity (Wildman–Crippen MR) is 102 cm³/mol. The first kappa shape index (κ1) is 17.1. The van der Waals surface area contributed by atoms with Gasteiger partial charge in [-0.15, -0.1) is 0 Å². The fourth-order valence-corrected chi connectivity index (χ4v) is 4.97. The zero-order valence-corrected chi connectivity index (χ0v) is 16.0. The second-order valence-corrected chi connectivity index (χ2v) is 8.60. The van der Waals surface area contributed by atoms with E-state index in [0.29, 0.717) is 40.8 Å². The van der Waals surface area contributed by atoms with Crippen LogP contribution in [-0.4, -0.2) is 23.3 Å². The zero-order chi connectivity index (χ0) is 17.7. The van der Waals surface area contributed by atoms with Crippen LogP contribution in [0.4, 0.5) is 0 Å². The second kappa shape index (κ2) is 6.83. The summed E-state index contributed by atoms with van der Waals surface area (Å²) in [5.74, 6) is 1.41. The van der Waals surface area contributed by atoms with Crippen molar-refractivity contribution in [1.82, 2.24) is 10.5 Å². The van der Waals surface area contributed by atoms with E-state index in [1.807, 2.05) is 18.2 Å². The van der Waals surface area contributed by atoms with Crippen molar-refractivity contribution >= 4 is 23.2 Å². The number of nitrogens with one attached hydrogen (secondary N) is 1. The van der Waals surface area contributed by atoms with E-state index in [4.69, 9.17) is 32.5 Å². The van der Waals surface area contributed by atoms with Crippen molar-refractivity contribution < 1.29 is 9.26 Å². The number of fused-ring (bicyclic) bond motifs is 2. The van der Waals surface area contributed by atoms with Gasteiger partial charge in [0.15, 0.2) is 0 Å². The fourth-order valence-electron chi connectivity index (χ4n) is 4.39. The third kappa shape index (κ3) is 3.18. The molecule has 3 heterocycles. The predicted octanol–water partition coefficient (Wildman–Crippen LogP) is 5.33. The lowest BCUT2D eigenvalue weighted by molar-refractivity contribution is 0.00876. The molecule has 6 heteroatoms. The van der Waals surface area contributed by atoms with Gasteiger partial charge in [-0.3, -0.25) is 0 Å². The molecule has 0 radical (unpaired) electrons. The molecule has 26 heavy (non-hydrogen) atoms. The van der Waals surface area contributed by atoms with Gasteiger partial charge in [0.25, 0.3) is 0 Å². The first-order chi connectivity index (χ1) is 12.7. The molecule has 4 nitrogen and oxygen atoms in total. The topological polar surface area (TPSA) is 47.3 Å². The molecule has 2 aliphatic heterocycles. The Morgan fingerprint density at radius 1 is 1.08 bits per heavy atom. The minimum Gasteiger partial charge on any atom is -0.373 e. The molecule has 1 saturated carbocycles. The van der Waals surface area contributed by atoms with E-state index in [9.17, 15) is 0 Å². The number of hydrogen-bond donors (Lipinski definition) is 1. The van der Waals surface area contributed by atoms with E-state index in [1.165, 1.54) is 12.8 Å². The minimum absolute atomic E-state index is 0.297. The Bertz CT molecular complexity index is 786. The van der Waals surface area contributed by atoms with Crippen LogP contribution in [-0.2, 0) is 11.3 Å². The highest BCUT2D eigenvalue weighted by atomic mass is 35.5. The van der Waals surface area contributed by atoms with Gasteiger partial charge in [0.2, 0.25) is 0 Å². The van der Waals surface area contributed by atoms with Gasteiger partial charge < -0.3 is 14.6 Å². The van der Waals surface area contributed by atoms with E-state index in [1.54, 1.807) is 0 Å². The minimum atomic E-state index is 0.297. The molecule has 2 unspecified atom stereocenters. The van der Waals surface area contributed by atoms with E-state index in [2.05, 4.69) is 10.5 Å². The summed E-state index contributed by atoms with van der Waals surface area (Å²) in [6.45, 7) is 0.510. The molecule has 2 aromatic rings. The zero-order valence-electron chi connectivity index (χ0n) is 14.5. The van der Waals surface area contributed by atoms with Crippen molar-refractivity contribution in [3.05, 3.63) is 39.6 Å².